The van der Waals surface area contributed by atoms with Crippen LogP contribution in [-0.4, -0.2) is 10.4 Å². The highest BCUT2D eigenvalue weighted by molar-refractivity contribution is 9.09. The van der Waals surface area contributed by atoms with E-state index in [2.05, 4.69) is 15.9 Å². The summed E-state index contributed by atoms with van der Waals surface area (Å²) in [5.41, 5.74) is 0. The Bertz CT molecular complexity index is 113. The molecule has 0 aromatic carbocycles. The number of aliphatic hydroxyl groups excluding tert-OH is 1. The molecular weight excluding hydrogens is 228 g/mol. The molecule has 0 atom stereocenters. The summed E-state index contributed by atoms with van der Waals surface area (Å²) in [6.07, 6.45) is 13.3. The quantitative estimate of drug-likeness (QED) is 0.360. The van der Waals surface area contributed by atoms with Crippen LogP contribution in [0.5, 0.6) is 0 Å². The van der Waals surface area contributed by atoms with E-state index in [1.165, 1.54) is 44.9 Å². The largest absolute Gasteiger partial charge is 0.516 e. The predicted octanol–water partition coefficient (Wildman–Crippen LogP) is 4.57. The number of hydrogen-bond acceptors (Lipinski definition) is 1. The number of allylic oxidation sites excluding steroid dienone is 1. The average Bonchev–Trinajstić information content (AvgIpc) is 2.16. The lowest BCUT2D eigenvalue weighted by Gasteiger charge is -1.99. The van der Waals surface area contributed by atoms with Crippen LogP contribution in [0.4, 0.5) is 0 Å². The van der Waals surface area contributed by atoms with Gasteiger partial charge < -0.3 is 5.11 Å². The Hall–Kier alpha value is 0.0200. The second-order valence-electron chi connectivity index (χ2n) is 3.34. The fourth-order valence-electron chi connectivity index (χ4n) is 1.32. The monoisotopic (exact) mass is 248 g/mol. The van der Waals surface area contributed by atoms with Crippen molar-refractivity contribution in [2.75, 3.05) is 5.33 Å². The SMILES string of the molecule is OC=CCCCCCCCCCBr. The van der Waals surface area contributed by atoms with E-state index in [1.54, 1.807) is 0 Å². The topological polar surface area (TPSA) is 20.2 Å². The van der Waals surface area contributed by atoms with Crippen molar-refractivity contribution < 1.29 is 5.11 Å². The first kappa shape index (κ1) is 13.0. The molecule has 0 radical (unpaired) electrons. The zero-order valence-electron chi connectivity index (χ0n) is 8.34. The number of rotatable bonds is 9. The summed E-state index contributed by atoms with van der Waals surface area (Å²) in [4.78, 5) is 0. The van der Waals surface area contributed by atoms with Crippen LogP contribution in [0, 0.1) is 0 Å². The Morgan fingerprint density at radius 2 is 1.38 bits per heavy atom. The van der Waals surface area contributed by atoms with Gasteiger partial charge in [0.15, 0.2) is 0 Å². The molecule has 0 aliphatic heterocycles. The Balaban J connectivity index is 2.83. The van der Waals surface area contributed by atoms with Gasteiger partial charge in [0.25, 0.3) is 0 Å². The van der Waals surface area contributed by atoms with Gasteiger partial charge in [-0.25, -0.2) is 0 Å². The van der Waals surface area contributed by atoms with E-state index < -0.39 is 0 Å². The third-order valence-electron chi connectivity index (χ3n) is 2.11. The van der Waals surface area contributed by atoms with Gasteiger partial charge in [-0.1, -0.05) is 54.1 Å². The summed E-state index contributed by atoms with van der Waals surface area (Å²) in [6.45, 7) is 0. The van der Waals surface area contributed by atoms with Crippen molar-refractivity contribution in [2.45, 2.75) is 51.4 Å². The maximum absolute atomic E-state index is 8.38. The average molecular weight is 249 g/mol. The molecule has 0 rings (SSSR count). The van der Waals surface area contributed by atoms with Crippen LogP contribution in [0.2, 0.25) is 0 Å². The minimum absolute atomic E-state index is 1.03. The predicted molar refractivity (Wildman–Crippen MR) is 62.5 cm³/mol. The van der Waals surface area contributed by atoms with E-state index in [1.807, 2.05) is 6.08 Å². The second-order valence-corrected chi connectivity index (χ2v) is 4.13. The first-order valence-electron chi connectivity index (χ1n) is 5.27. The van der Waals surface area contributed by atoms with Gasteiger partial charge in [0, 0.05) is 5.33 Å². The van der Waals surface area contributed by atoms with Crippen LogP contribution in [0.1, 0.15) is 51.4 Å². The summed E-state index contributed by atoms with van der Waals surface area (Å²) in [7, 11) is 0. The van der Waals surface area contributed by atoms with Crippen molar-refractivity contribution in [3.63, 3.8) is 0 Å². The molecule has 0 aliphatic carbocycles. The summed E-state index contributed by atoms with van der Waals surface area (Å²) in [5.74, 6) is 0. The van der Waals surface area contributed by atoms with Crippen LogP contribution in [-0.2, 0) is 0 Å². The summed E-state index contributed by atoms with van der Waals surface area (Å²) in [5, 5.41) is 9.53. The van der Waals surface area contributed by atoms with Crippen molar-refractivity contribution in [3.05, 3.63) is 12.3 Å². The van der Waals surface area contributed by atoms with Crippen molar-refractivity contribution >= 4 is 15.9 Å². The van der Waals surface area contributed by atoms with Crippen molar-refractivity contribution in [1.29, 1.82) is 0 Å². The standard InChI is InChI=1S/C11H21BrO/c12-10-8-6-4-2-1-3-5-7-9-11-13/h9,11,13H,1-8,10H2. The van der Waals surface area contributed by atoms with Crippen molar-refractivity contribution in [3.8, 4) is 0 Å². The lowest BCUT2D eigenvalue weighted by molar-refractivity contribution is 0.469. The fourth-order valence-corrected chi connectivity index (χ4v) is 1.71. The number of unbranched alkanes of at least 4 members (excludes halogenated alkanes) is 7. The minimum atomic E-state index is 1.03. The minimum Gasteiger partial charge on any atom is -0.516 e. The highest BCUT2D eigenvalue weighted by atomic mass is 79.9. The molecule has 13 heavy (non-hydrogen) atoms. The van der Waals surface area contributed by atoms with Crippen LogP contribution < -0.4 is 0 Å². The lowest BCUT2D eigenvalue weighted by atomic mass is 10.1. The Kier molecular flexibility index (Phi) is 12.0. The second kappa shape index (κ2) is 12.0. The summed E-state index contributed by atoms with van der Waals surface area (Å²) < 4.78 is 0. The third kappa shape index (κ3) is 12.0. The highest BCUT2D eigenvalue weighted by Gasteiger charge is 1.90. The van der Waals surface area contributed by atoms with Crippen LogP contribution in [0.15, 0.2) is 12.3 Å². The molecule has 0 spiro atoms. The van der Waals surface area contributed by atoms with Gasteiger partial charge in [-0.05, 0) is 19.3 Å². The van der Waals surface area contributed by atoms with E-state index in [9.17, 15) is 0 Å². The van der Waals surface area contributed by atoms with Gasteiger partial charge in [-0.2, -0.15) is 0 Å². The normalized spacial score (nSPS) is 11.2. The van der Waals surface area contributed by atoms with Gasteiger partial charge in [-0.15, -0.1) is 0 Å². The molecule has 0 unspecified atom stereocenters. The number of hydrogen-bond donors (Lipinski definition) is 1. The molecule has 0 bridgehead atoms. The molecule has 1 N–H and O–H groups in total. The zero-order valence-corrected chi connectivity index (χ0v) is 9.93. The Labute approximate surface area is 90.4 Å². The van der Waals surface area contributed by atoms with Gasteiger partial charge in [0.1, 0.15) is 0 Å². The molecule has 0 aromatic rings. The maximum atomic E-state index is 8.38. The number of halogens is 1. The van der Waals surface area contributed by atoms with E-state index >= 15 is 0 Å². The Morgan fingerprint density at radius 3 is 1.92 bits per heavy atom. The molecular formula is C11H21BrO. The molecule has 0 amide bonds. The number of aliphatic hydroxyl groups is 1. The maximum Gasteiger partial charge on any atom is 0.0751 e. The van der Waals surface area contributed by atoms with Gasteiger partial charge in [0.05, 0.1) is 6.26 Å². The van der Waals surface area contributed by atoms with E-state index in [0.717, 1.165) is 18.0 Å². The van der Waals surface area contributed by atoms with Gasteiger partial charge >= 0.3 is 0 Å². The smallest absolute Gasteiger partial charge is 0.0751 e. The molecule has 0 heterocycles. The van der Waals surface area contributed by atoms with E-state index in [-0.39, 0.29) is 0 Å². The lowest BCUT2D eigenvalue weighted by Crippen LogP contribution is -1.80. The van der Waals surface area contributed by atoms with Crippen LogP contribution in [0.3, 0.4) is 0 Å². The summed E-state index contributed by atoms with van der Waals surface area (Å²) in [6, 6.07) is 0. The fraction of sp³-hybridized carbons (Fsp3) is 0.818. The first-order chi connectivity index (χ1) is 6.41. The summed E-state index contributed by atoms with van der Waals surface area (Å²) >= 11 is 3.43. The van der Waals surface area contributed by atoms with Crippen molar-refractivity contribution in [1.82, 2.24) is 0 Å². The highest BCUT2D eigenvalue weighted by Crippen LogP contribution is 2.09. The zero-order chi connectivity index (χ0) is 9.78. The van der Waals surface area contributed by atoms with Crippen LogP contribution in [0.25, 0.3) is 0 Å². The molecule has 2 heteroatoms. The molecule has 0 fully saturated rings. The van der Waals surface area contributed by atoms with Crippen molar-refractivity contribution in [2.24, 2.45) is 0 Å². The van der Waals surface area contributed by atoms with E-state index in [4.69, 9.17) is 5.11 Å². The van der Waals surface area contributed by atoms with Crippen LogP contribution >= 0.6 is 15.9 Å². The first-order valence-corrected chi connectivity index (χ1v) is 6.39. The molecule has 0 saturated carbocycles. The third-order valence-corrected chi connectivity index (χ3v) is 2.67. The molecule has 78 valence electrons. The van der Waals surface area contributed by atoms with Gasteiger partial charge in [-0.3, -0.25) is 0 Å². The number of alkyl halides is 1. The molecule has 0 aliphatic rings. The van der Waals surface area contributed by atoms with E-state index in [0.29, 0.717) is 0 Å². The molecule has 0 aromatic heterocycles. The Morgan fingerprint density at radius 1 is 0.846 bits per heavy atom. The molecule has 1 nitrogen and oxygen atoms in total. The molecule has 0 saturated heterocycles. The van der Waals surface area contributed by atoms with Gasteiger partial charge in [0.2, 0.25) is 0 Å².